The van der Waals surface area contributed by atoms with Crippen LogP contribution in [-0.4, -0.2) is 35.9 Å². The van der Waals surface area contributed by atoms with Crippen molar-refractivity contribution in [2.24, 2.45) is 11.7 Å². The molecule has 7 heteroatoms. The van der Waals surface area contributed by atoms with E-state index in [-0.39, 0.29) is 35.2 Å². The highest BCUT2D eigenvalue weighted by molar-refractivity contribution is 6.32. The van der Waals surface area contributed by atoms with Gasteiger partial charge in [-0.15, -0.1) is 0 Å². The van der Waals surface area contributed by atoms with E-state index in [1.165, 1.54) is 12.1 Å². The van der Waals surface area contributed by atoms with Gasteiger partial charge in [0, 0.05) is 12.6 Å². The van der Waals surface area contributed by atoms with Crippen LogP contribution in [0.15, 0.2) is 18.2 Å². The number of nitrogens with zero attached hydrogens (tertiary/aromatic N) is 1. The van der Waals surface area contributed by atoms with Crippen LogP contribution in [0.2, 0.25) is 5.02 Å². The highest BCUT2D eigenvalue weighted by atomic mass is 35.5. The Morgan fingerprint density at radius 3 is 2.82 bits per heavy atom. The largest absolute Gasteiger partial charge is 0.482 e. The molecule has 1 heterocycles. The van der Waals surface area contributed by atoms with Crippen LogP contribution in [0.25, 0.3) is 0 Å². The Morgan fingerprint density at radius 1 is 1.45 bits per heavy atom. The number of hydrogen-bond acceptors (Lipinski definition) is 3. The molecule has 5 nitrogen and oxygen atoms in total. The summed E-state index contributed by atoms with van der Waals surface area (Å²) in [6.07, 6.45) is 1.40. The number of likely N-dealkylation sites (tertiary alicyclic amines) is 1. The predicted molar refractivity (Wildman–Crippen MR) is 80.0 cm³/mol. The molecule has 0 spiro atoms. The van der Waals surface area contributed by atoms with Gasteiger partial charge < -0.3 is 15.4 Å². The summed E-state index contributed by atoms with van der Waals surface area (Å²) in [5.74, 6) is -1.20. The lowest BCUT2D eigenvalue weighted by Crippen LogP contribution is -2.50. The molecule has 1 saturated heterocycles. The topological polar surface area (TPSA) is 72.6 Å². The van der Waals surface area contributed by atoms with Crippen molar-refractivity contribution in [1.82, 2.24) is 4.90 Å². The summed E-state index contributed by atoms with van der Waals surface area (Å²) in [5, 5.41) is 0.106. The lowest BCUT2D eigenvalue weighted by molar-refractivity contribution is -0.139. The summed E-state index contributed by atoms with van der Waals surface area (Å²) in [5.41, 5.74) is 5.31. The Kier molecular flexibility index (Phi) is 5.24. The van der Waals surface area contributed by atoms with Gasteiger partial charge in [0.15, 0.2) is 6.61 Å². The van der Waals surface area contributed by atoms with Gasteiger partial charge in [0.25, 0.3) is 5.91 Å². The van der Waals surface area contributed by atoms with Crippen molar-refractivity contribution in [1.29, 1.82) is 0 Å². The summed E-state index contributed by atoms with van der Waals surface area (Å²) in [6.45, 7) is 2.00. The number of carbonyl (C=O) groups is 2. The zero-order valence-corrected chi connectivity index (χ0v) is 13.0. The van der Waals surface area contributed by atoms with Gasteiger partial charge in [0.05, 0.1) is 10.9 Å². The van der Waals surface area contributed by atoms with Gasteiger partial charge in [-0.1, -0.05) is 11.6 Å². The molecule has 1 aromatic carbocycles. The minimum Gasteiger partial charge on any atom is -0.482 e. The number of hydrogen-bond donors (Lipinski definition) is 1. The molecule has 0 aromatic heterocycles. The molecule has 0 bridgehead atoms. The number of piperidine rings is 1. The van der Waals surface area contributed by atoms with Crippen molar-refractivity contribution < 1.29 is 18.7 Å². The fourth-order valence-electron chi connectivity index (χ4n) is 2.50. The lowest BCUT2D eigenvalue weighted by Gasteiger charge is -2.36. The van der Waals surface area contributed by atoms with Crippen LogP contribution in [0.4, 0.5) is 4.39 Å². The van der Waals surface area contributed by atoms with Crippen LogP contribution in [0.5, 0.6) is 5.75 Å². The van der Waals surface area contributed by atoms with Crippen molar-refractivity contribution in [2.45, 2.75) is 25.8 Å². The molecule has 2 atom stereocenters. The highest BCUT2D eigenvalue weighted by Gasteiger charge is 2.31. The Bertz CT molecular complexity index is 582. The Balaban J connectivity index is 1.97. The van der Waals surface area contributed by atoms with E-state index in [4.69, 9.17) is 22.1 Å². The van der Waals surface area contributed by atoms with Crippen LogP contribution in [0.3, 0.4) is 0 Å². The third-order valence-corrected chi connectivity index (χ3v) is 4.15. The van der Waals surface area contributed by atoms with Gasteiger partial charge in [-0.2, -0.15) is 0 Å². The first-order valence-electron chi connectivity index (χ1n) is 7.05. The van der Waals surface area contributed by atoms with E-state index in [0.29, 0.717) is 13.0 Å². The van der Waals surface area contributed by atoms with E-state index in [1.54, 1.807) is 4.90 Å². The molecule has 1 fully saturated rings. The highest BCUT2D eigenvalue weighted by Crippen LogP contribution is 2.26. The first-order chi connectivity index (χ1) is 10.4. The molecule has 0 aliphatic carbocycles. The maximum Gasteiger partial charge on any atom is 0.260 e. The van der Waals surface area contributed by atoms with Gasteiger partial charge in [-0.05, 0) is 38.0 Å². The molecule has 120 valence electrons. The average Bonchev–Trinajstić information content (AvgIpc) is 2.46. The zero-order chi connectivity index (χ0) is 16.3. The number of ether oxygens (including phenoxy) is 1. The minimum atomic E-state index is -0.474. The SMILES string of the molecule is C[C@H]1CC[C@H](C(N)=O)CN1C(=O)COc1ccc(F)cc1Cl. The van der Waals surface area contributed by atoms with Crippen LogP contribution in [-0.2, 0) is 9.59 Å². The normalized spacial score (nSPS) is 21.5. The smallest absolute Gasteiger partial charge is 0.260 e. The van der Waals surface area contributed by atoms with Crippen molar-refractivity contribution in [3.8, 4) is 5.75 Å². The first-order valence-corrected chi connectivity index (χ1v) is 7.43. The van der Waals surface area contributed by atoms with Gasteiger partial charge in [0.1, 0.15) is 11.6 Å². The number of carbonyl (C=O) groups excluding carboxylic acids is 2. The second kappa shape index (κ2) is 6.96. The molecular weight excluding hydrogens is 311 g/mol. The summed E-state index contributed by atoms with van der Waals surface area (Å²) in [6, 6.07) is 3.72. The van der Waals surface area contributed by atoms with Crippen molar-refractivity contribution in [2.75, 3.05) is 13.2 Å². The molecule has 1 aromatic rings. The fraction of sp³-hybridized carbons (Fsp3) is 0.467. The van der Waals surface area contributed by atoms with Crippen LogP contribution >= 0.6 is 11.6 Å². The molecule has 0 saturated carbocycles. The van der Waals surface area contributed by atoms with Crippen LogP contribution < -0.4 is 10.5 Å². The molecule has 1 aliphatic heterocycles. The van der Waals surface area contributed by atoms with Crippen LogP contribution in [0, 0.1) is 11.7 Å². The van der Waals surface area contributed by atoms with Gasteiger partial charge in [0.2, 0.25) is 5.91 Å². The zero-order valence-electron chi connectivity index (χ0n) is 12.2. The standard InChI is InChI=1S/C15H18ClFN2O3/c1-9-2-3-10(15(18)21)7-19(9)14(20)8-22-13-5-4-11(17)6-12(13)16/h4-6,9-10H,2-3,7-8H2,1H3,(H2,18,21)/t9-,10-/m0/s1. The molecule has 22 heavy (non-hydrogen) atoms. The number of primary amides is 1. The molecule has 2 rings (SSSR count). The monoisotopic (exact) mass is 328 g/mol. The number of nitrogens with two attached hydrogens (primary N) is 1. The third-order valence-electron chi connectivity index (χ3n) is 3.85. The summed E-state index contributed by atoms with van der Waals surface area (Å²) in [4.78, 5) is 25.1. The van der Waals surface area contributed by atoms with E-state index >= 15 is 0 Å². The molecule has 0 unspecified atom stereocenters. The number of rotatable bonds is 4. The minimum absolute atomic E-state index is 0.0235. The third kappa shape index (κ3) is 3.88. The second-order valence-corrected chi connectivity index (χ2v) is 5.84. The Morgan fingerprint density at radius 2 is 2.18 bits per heavy atom. The van der Waals surface area contributed by atoms with Crippen molar-refractivity contribution >= 4 is 23.4 Å². The number of benzene rings is 1. The first kappa shape index (κ1) is 16.5. The van der Waals surface area contributed by atoms with Crippen LogP contribution in [0.1, 0.15) is 19.8 Å². The van der Waals surface area contributed by atoms with E-state index in [9.17, 15) is 14.0 Å². The fourth-order valence-corrected chi connectivity index (χ4v) is 2.72. The van der Waals surface area contributed by atoms with E-state index < -0.39 is 11.7 Å². The quantitative estimate of drug-likeness (QED) is 0.918. The summed E-state index contributed by atoms with van der Waals surface area (Å²) < 4.78 is 18.3. The molecule has 1 aliphatic rings. The summed E-state index contributed by atoms with van der Waals surface area (Å²) in [7, 11) is 0. The molecule has 2 N–H and O–H groups in total. The second-order valence-electron chi connectivity index (χ2n) is 5.44. The van der Waals surface area contributed by atoms with E-state index in [0.717, 1.165) is 12.5 Å². The van der Waals surface area contributed by atoms with Crippen molar-refractivity contribution in [3.63, 3.8) is 0 Å². The predicted octanol–water partition coefficient (Wildman–Crippen LogP) is 1.97. The molecule has 0 radical (unpaired) electrons. The van der Waals surface area contributed by atoms with E-state index in [1.807, 2.05) is 6.92 Å². The number of amides is 2. The van der Waals surface area contributed by atoms with Crippen molar-refractivity contribution in [3.05, 3.63) is 29.0 Å². The number of halogens is 2. The average molecular weight is 329 g/mol. The Hall–Kier alpha value is -1.82. The molecular formula is C15H18ClFN2O3. The van der Waals surface area contributed by atoms with Gasteiger partial charge in [-0.25, -0.2) is 4.39 Å². The van der Waals surface area contributed by atoms with E-state index in [2.05, 4.69) is 0 Å². The molecule has 2 amide bonds. The maximum atomic E-state index is 12.9. The summed E-state index contributed by atoms with van der Waals surface area (Å²) >= 11 is 5.84. The van der Waals surface area contributed by atoms with Gasteiger partial charge in [-0.3, -0.25) is 9.59 Å². The maximum absolute atomic E-state index is 12.9. The Labute approximate surface area is 133 Å². The van der Waals surface area contributed by atoms with Gasteiger partial charge >= 0.3 is 0 Å². The lowest BCUT2D eigenvalue weighted by atomic mass is 9.93.